The molecule has 0 atom stereocenters. The zero-order valence-corrected chi connectivity index (χ0v) is 24.4. The number of rotatable bonds is 6. The standard InChI is InChI=1S/C33H31ClN6O3/c1-39-13-15-40(16-14-39)33(43)20-7-10-24-28(17-20)37-30-25(31(36)41)12-11-23(29(24)30)22-3-2-4-27(26(22)18-35)38-32(42)19-5-8-21(34)9-6-19/h2-12,17,37H,13-16,18,35H2,1H3,(H2,36,41)(H,38,42). The molecule has 3 amide bonds. The molecule has 2 heterocycles. The molecule has 0 unspecified atom stereocenters. The number of piperazine rings is 1. The zero-order valence-electron chi connectivity index (χ0n) is 23.6. The number of fused-ring (bicyclic) bond motifs is 3. The molecule has 1 fully saturated rings. The summed E-state index contributed by atoms with van der Waals surface area (Å²) in [5, 5.41) is 5.13. The van der Waals surface area contributed by atoms with Crippen molar-refractivity contribution in [2.75, 3.05) is 38.5 Å². The molecule has 9 nitrogen and oxygen atoms in total. The number of hydrogen-bond donors (Lipinski definition) is 4. The second-order valence-electron chi connectivity index (χ2n) is 10.8. The van der Waals surface area contributed by atoms with E-state index in [2.05, 4.69) is 15.2 Å². The molecule has 1 aromatic heterocycles. The van der Waals surface area contributed by atoms with Gasteiger partial charge in [0.15, 0.2) is 0 Å². The fourth-order valence-electron chi connectivity index (χ4n) is 5.74. The normalized spacial score (nSPS) is 13.9. The Morgan fingerprint density at radius 3 is 2.33 bits per heavy atom. The Hall–Kier alpha value is -4.70. The number of nitrogens with zero attached hydrogens (tertiary/aromatic N) is 2. The molecule has 0 spiro atoms. The molecule has 0 bridgehead atoms. The van der Waals surface area contributed by atoms with Gasteiger partial charge < -0.3 is 31.6 Å². The number of benzene rings is 4. The summed E-state index contributed by atoms with van der Waals surface area (Å²) < 4.78 is 0. The summed E-state index contributed by atoms with van der Waals surface area (Å²) in [6, 6.07) is 21.3. The van der Waals surface area contributed by atoms with Crippen LogP contribution in [0.2, 0.25) is 5.02 Å². The van der Waals surface area contributed by atoms with Gasteiger partial charge in [-0.15, -0.1) is 0 Å². The molecule has 0 aliphatic carbocycles. The predicted molar refractivity (Wildman–Crippen MR) is 170 cm³/mol. The van der Waals surface area contributed by atoms with E-state index in [0.717, 1.165) is 40.6 Å². The SMILES string of the molecule is CN1CCN(C(=O)c2ccc3c(c2)[nH]c2c(C(N)=O)ccc(-c4cccc(NC(=O)c5ccc(Cl)cc5)c4CN)c23)CC1. The van der Waals surface area contributed by atoms with Crippen LogP contribution in [0.15, 0.2) is 72.8 Å². The largest absolute Gasteiger partial charge is 0.366 e. The van der Waals surface area contributed by atoms with Crippen LogP contribution >= 0.6 is 11.6 Å². The minimum Gasteiger partial charge on any atom is -0.366 e. The molecule has 1 aliphatic rings. The third kappa shape index (κ3) is 5.34. The van der Waals surface area contributed by atoms with Gasteiger partial charge in [-0.1, -0.05) is 35.9 Å². The number of aromatic nitrogens is 1. The number of carbonyl (C=O) groups excluding carboxylic acids is 3. The van der Waals surface area contributed by atoms with Gasteiger partial charge in [0.25, 0.3) is 17.7 Å². The van der Waals surface area contributed by atoms with Gasteiger partial charge in [0.2, 0.25) is 0 Å². The van der Waals surface area contributed by atoms with E-state index < -0.39 is 5.91 Å². The minimum atomic E-state index is -0.570. The van der Waals surface area contributed by atoms with Gasteiger partial charge in [-0.3, -0.25) is 14.4 Å². The quantitative estimate of drug-likeness (QED) is 0.223. The Kier molecular flexibility index (Phi) is 7.62. The summed E-state index contributed by atoms with van der Waals surface area (Å²) in [6.07, 6.45) is 0. The van der Waals surface area contributed by atoms with E-state index in [4.69, 9.17) is 23.1 Å². The predicted octanol–water partition coefficient (Wildman–Crippen LogP) is 4.84. The number of nitrogens with one attached hydrogen (secondary N) is 2. The van der Waals surface area contributed by atoms with Crippen molar-refractivity contribution in [2.24, 2.45) is 11.5 Å². The monoisotopic (exact) mass is 594 g/mol. The lowest BCUT2D eigenvalue weighted by molar-refractivity contribution is 0.0664. The first-order valence-corrected chi connectivity index (χ1v) is 14.4. The molecular formula is C33H31ClN6O3. The molecule has 5 aromatic rings. The molecule has 6 N–H and O–H groups in total. The number of aromatic amines is 1. The van der Waals surface area contributed by atoms with Crippen LogP contribution in [0.25, 0.3) is 32.9 Å². The second-order valence-corrected chi connectivity index (χ2v) is 11.2. The Balaban J connectivity index is 1.45. The van der Waals surface area contributed by atoms with Crippen LogP contribution in [0.5, 0.6) is 0 Å². The number of nitrogens with two attached hydrogens (primary N) is 2. The number of H-pyrrole nitrogens is 1. The first kappa shape index (κ1) is 28.4. The van der Waals surface area contributed by atoms with E-state index in [-0.39, 0.29) is 18.4 Å². The minimum absolute atomic E-state index is 0.0291. The molecule has 218 valence electrons. The smallest absolute Gasteiger partial charge is 0.255 e. The number of carbonyl (C=O) groups is 3. The molecule has 43 heavy (non-hydrogen) atoms. The lowest BCUT2D eigenvalue weighted by Gasteiger charge is -2.32. The van der Waals surface area contributed by atoms with Crippen LogP contribution in [0.1, 0.15) is 36.6 Å². The third-order valence-corrected chi connectivity index (χ3v) is 8.33. The zero-order chi connectivity index (χ0) is 30.2. The van der Waals surface area contributed by atoms with Gasteiger partial charge in [-0.05, 0) is 72.3 Å². The van der Waals surface area contributed by atoms with Gasteiger partial charge in [0.05, 0.1) is 11.1 Å². The average molecular weight is 595 g/mol. The van der Waals surface area contributed by atoms with Gasteiger partial charge in [-0.2, -0.15) is 0 Å². The number of amides is 3. The summed E-state index contributed by atoms with van der Waals surface area (Å²) in [5.41, 5.74) is 17.6. The van der Waals surface area contributed by atoms with Crippen molar-refractivity contribution in [3.05, 3.63) is 100 Å². The molecule has 6 rings (SSSR count). The van der Waals surface area contributed by atoms with Crippen molar-refractivity contribution >= 4 is 56.8 Å². The molecule has 10 heteroatoms. The van der Waals surface area contributed by atoms with E-state index in [1.165, 1.54) is 0 Å². The second kappa shape index (κ2) is 11.5. The molecule has 1 saturated heterocycles. The third-order valence-electron chi connectivity index (χ3n) is 8.08. The number of halogens is 1. The van der Waals surface area contributed by atoms with Crippen LogP contribution in [-0.4, -0.2) is 65.7 Å². The average Bonchev–Trinajstić information content (AvgIpc) is 3.39. The summed E-state index contributed by atoms with van der Waals surface area (Å²) in [7, 11) is 2.05. The van der Waals surface area contributed by atoms with E-state index in [1.54, 1.807) is 36.4 Å². The first-order chi connectivity index (χ1) is 20.7. The van der Waals surface area contributed by atoms with Crippen molar-refractivity contribution in [2.45, 2.75) is 6.54 Å². The van der Waals surface area contributed by atoms with Gasteiger partial charge >= 0.3 is 0 Å². The lowest BCUT2D eigenvalue weighted by Crippen LogP contribution is -2.47. The number of likely N-dealkylation sites (N-methyl/N-ethyl adjacent to an activating group) is 1. The van der Waals surface area contributed by atoms with Crippen LogP contribution in [0, 0.1) is 0 Å². The molecule has 1 aliphatic heterocycles. The Morgan fingerprint density at radius 1 is 0.907 bits per heavy atom. The molecule has 0 saturated carbocycles. The topological polar surface area (TPSA) is 138 Å². The highest BCUT2D eigenvalue weighted by Gasteiger charge is 2.23. The molecule has 4 aromatic carbocycles. The fraction of sp³-hybridized carbons (Fsp3) is 0.182. The Labute approximate surface area is 253 Å². The van der Waals surface area contributed by atoms with E-state index in [9.17, 15) is 14.4 Å². The maximum atomic E-state index is 13.3. The van der Waals surface area contributed by atoms with E-state index in [0.29, 0.717) is 51.5 Å². The van der Waals surface area contributed by atoms with Crippen LogP contribution in [0.3, 0.4) is 0 Å². The number of hydrogen-bond acceptors (Lipinski definition) is 5. The van der Waals surface area contributed by atoms with E-state index >= 15 is 0 Å². The van der Waals surface area contributed by atoms with Crippen LogP contribution in [-0.2, 0) is 6.54 Å². The molecule has 0 radical (unpaired) electrons. The van der Waals surface area contributed by atoms with Crippen LogP contribution in [0.4, 0.5) is 5.69 Å². The highest BCUT2D eigenvalue weighted by atomic mass is 35.5. The maximum absolute atomic E-state index is 13.3. The highest BCUT2D eigenvalue weighted by Crippen LogP contribution is 2.39. The van der Waals surface area contributed by atoms with Crippen molar-refractivity contribution in [1.29, 1.82) is 0 Å². The number of primary amides is 1. The van der Waals surface area contributed by atoms with Crippen LogP contribution < -0.4 is 16.8 Å². The Bertz CT molecular complexity index is 1890. The van der Waals surface area contributed by atoms with Crippen molar-refractivity contribution < 1.29 is 14.4 Å². The van der Waals surface area contributed by atoms with Gasteiger partial charge in [-0.25, -0.2) is 0 Å². The van der Waals surface area contributed by atoms with Gasteiger partial charge in [0.1, 0.15) is 0 Å². The van der Waals surface area contributed by atoms with Crippen molar-refractivity contribution in [3.63, 3.8) is 0 Å². The summed E-state index contributed by atoms with van der Waals surface area (Å²) in [4.78, 5) is 46.2. The van der Waals surface area contributed by atoms with Crippen molar-refractivity contribution in [3.8, 4) is 11.1 Å². The van der Waals surface area contributed by atoms with Crippen molar-refractivity contribution in [1.82, 2.24) is 14.8 Å². The number of anilines is 1. The lowest BCUT2D eigenvalue weighted by atomic mass is 9.92. The summed E-state index contributed by atoms with van der Waals surface area (Å²) >= 11 is 5.99. The van der Waals surface area contributed by atoms with E-state index in [1.807, 2.05) is 48.3 Å². The summed E-state index contributed by atoms with van der Waals surface area (Å²) in [6.45, 7) is 3.14. The maximum Gasteiger partial charge on any atom is 0.255 e. The van der Waals surface area contributed by atoms with Gasteiger partial charge in [0, 0.05) is 70.8 Å². The molecular weight excluding hydrogens is 564 g/mol. The first-order valence-electron chi connectivity index (χ1n) is 14.0. The Morgan fingerprint density at radius 2 is 1.63 bits per heavy atom. The summed E-state index contributed by atoms with van der Waals surface area (Å²) in [5.74, 6) is -0.888. The fourth-order valence-corrected chi connectivity index (χ4v) is 5.87. The highest BCUT2D eigenvalue weighted by molar-refractivity contribution is 6.30.